The van der Waals surface area contributed by atoms with Gasteiger partial charge in [0.1, 0.15) is 11.6 Å². The number of benzene rings is 2. The van der Waals surface area contributed by atoms with E-state index in [0.717, 1.165) is 43.2 Å². The Morgan fingerprint density at radius 3 is 2.25 bits per heavy atom. The number of anilines is 1. The first kappa shape index (κ1) is 38.1. The third kappa shape index (κ3) is 9.39. The number of piperidine rings is 1. The van der Waals surface area contributed by atoms with E-state index < -0.39 is 51.3 Å². The van der Waals surface area contributed by atoms with Crippen molar-refractivity contribution < 1.29 is 41.8 Å². The SMILES string of the molecule is CC(OC(=O)NC(C)(C)C(=O)N[C@H](COCc1ccccc1)C(=O)N1CCC2(CC1)CN(S(C)(=O)=O)c1ccccc12)OC(=O)C1CCCCC1. The van der Waals surface area contributed by atoms with Gasteiger partial charge in [0.25, 0.3) is 0 Å². The Bertz CT molecular complexity index is 1670. The van der Waals surface area contributed by atoms with E-state index in [1.165, 1.54) is 31.3 Å². The Labute approximate surface area is 300 Å². The van der Waals surface area contributed by atoms with E-state index in [4.69, 9.17) is 14.2 Å². The van der Waals surface area contributed by atoms with Crippen molar-refractivity contribution in [3.63, 3.8) is 0 Å². The van der Waals surface area contributed by atoms with Gasteiger partial charge >= 0.3 is 12.1 Å². The molecule has 3 amide bonds. The van der Waals surface area contributed by atoms with Crippen LogP contribution in [0.25, 0.3) is 0 Å². The van der Waals surface area contributed by atoms with Crippen molar-refractivity contribution >= 4 is 39.6 Å². The summed E-state index contributed by atoms with van der Waals surface area (Å²) in [7, 11) is -3.49. The molecule has 51 heavy (non-hydrogen) atoms. The zero-order chi connectivity index (χ0) is 36.8. The second-order valence-corrected chi connectivity index (χ2v) is 16.3. The third-order valence-corrected chi connectivity index (χ3v) is 11.2. The number of hydrogen-bond acceptors (Lipinski definition) is 9. The van der Waals surface area contributed by atoms with E-state index in [2.05, 4.69) is 10.6 Å². The fourth-order valence-corrected chi connectivity index (χ4v) is 8.18. The van der Waals surface area contributed by atoms with Gasteiger partial charge < -0.3 is 29.7 Å². The molecule has 0 aromatic heterocycles. The van der Waals surface area contributed by atoms with Gasteiger partial charge in [-0.3, -0.25) is 18.7 Å². The molecule has 3 aliphatic rings. The lowest BCUT2D eigenvalue weighted by molar-refractivity contribution is -0.171. The standard InChI is InChI=1S/C37H50N4O9S/c1-26(49-33(43)28-15-9-6-10-16-28)50-35(45)39-36(2,3)34(44)38-30(24-48-23-27-13-7-5-8-14-27)32(42)40-21-19-37(20-22-40)25-41(51(4,46)47)31-18-12-11-17-29(31)37/h5,7-8,11-14,17-18,26,28,30H,6,9-10,15-16,19-25H2,1-4H3,(H,38,44)(H,39,45)/t26?,30-/m1/s1. The van der Waals surface area contributed by atoms with Gasteiger partial charge in [-0.15, -0.1) is 0 Å². The summed E-state index contributed by atoms with van der Waals surface area (Å²) in [4.78, 5) is 54.6. The Morgan fingerprint density at radius 1 is 0.941 bits per heavy atom. The summed E-state index contributed by atoms with van der Waals surface area (Å²) >= 11 is 0. The molecular formula is C37H50N4O9S. The molecule has 5 rings (SSSR count). The van der Waals surface area contributed by atoms with Gasteiger partial charge in [-0.1, -0.05) is 67.8 Å². The minimum absolute atomic E-state index is 0.125. The summed E-state index contributed by atoms with van der Waals surface area (Å²) < 4.78 is 43.2. The van der Waals surface area contributed by atoms with Crippen LogP contribution in [-0.2, 0) is 50.6 Å². The summed E-state index contributed by atoms with van der Waals surface area (Å²) in [6, 6.07) is 15.8. The number of ether oxygens (including phenoxy) is 3. The minimum atomic E-state index is -3.49. The first-order chi connectivity index (χ1) is 24.2. The largest absolute Gasteiger partial charge is 0.425 e. The number of para-hydroxylation sites is 1. The summed E-state index contributed by atoms with van der Waals surface area (Å²) in [5, 5.41) is 5.30. The molecule has 1 unspecified atom stereocenters. The van der Waals surface area contributed by atoms with Gasteiger partial charge in [-0.2, -0.15) is 0 Å². The second kappa shape index (κ2) is 16.0. The van der Waals surface area contributed by atoms with Crippen molar-refractivity contribution in [2.24, 2.45) is 5.92 Å². The van der Waals surface area contributed by atoms with Crippen LogP contribution in [0.3, 0.4) is 0 Å². The molecule has 2 heterocycles. The van der Waals surface area contributed by atoms with Gasteiger partial charge in [0.15, 0.2) is 0 Å². The van der Waals surface area contributed by atoms with Gasteiger partial charge in [-0.25, -0.2) is 13.2 Å². The lowest BCUT2D eigenvalue weighted by atomic mass is 9.74. The van der Waals surface area contributed by atoms with Gasteiger partial charge in [0, 0.05) is 32.0 Å². The highest BCUT2D eigenvalue weighted by Gasteiger charge is 2.48. The number of likely N-dealkylation sites (tertiary alicyclic amines) is 1. The highest BCUT2D eigenvalue weighted by atomic mass is 32.2. The number of carbonyl (C=O) groups excluding carboxylic acids is 4. The smallest absolute Gasteiger partial charge is 0.411 e. The Kier molecular flexibility index (Phi) is 12.0. The molecule has 1 spiro atoms. The number of nitrogens with zero attached hydrogens (tertiary/aromatic N) is 2. The van der Waals surface area contributed by atoms with Crippen molar-refractivity contribution in [2.45, 2.75) is 95.6 Å². The van der Waals surface area contributed by atoms with E-state index in [1.807, 2.05) is 54.6 Å². The monoisotopic (exact) mass is 726 g/mol. The molecule has 13 nitrogen and oxygen atoms in total. The molecule has 14 heteroatoms. The van der Waals surface area contributed by atoms with E-state index in [1.54, 1.807) is 4.90 Å². The number of fused-ring (bicyclic) bond motifs is 2. The molecule has 278 valence electrons. The van der Waals surface area contributed by atoms with Gasteiger partial charge in [0.05, 0.1) is 31.1 Å². The summed E-state index contributed by atoms with van der Waals surface area (Å²) in [5.74, 6) is -1.61. The number of alkyl carbamates (subject to hydrolysis) is 1. The van der Waals surface area contributed by atoms with Crippen molar-refractivity contribution in [2.75, 3.05) is 36.8 Å². The van der Waals surface area contributed by atoms with Crippen LogP contribution in [0.2, 0.25) is 0 Å². The summed E-state index contributed by atoms with van der Waals surface area (Å²) in [6.07, 6.45) is 4.65. The van der Waals surface area contributed by atoms with Crippen LogP contribution in [-0.4, -0.2) is 87.6 Å². The third-order valence-electron chi connectivity index (χ3n) is 10.1. The Balaban J connectivity index is 1.22. The van der Waals surface area contributed by atoms with E-state index in [9.17, 15) is 27.6 Å². The average Bonchev–Trinajstić information content (AvgIpc) is 3.42. The topological polar surface area (TPSA) is 161 Å². The molecule has 2 aromatic carbocycles. The minimum Gasteiger partial charge on any atom is -0.425 e. The van der Waals surface area contributed by atoms with Crippen LogP contribution >= 0.6 is 0 Å². The first-order valence-corrected chi connectivity index (χ1v) is 19.5. The highest BCUT2D eigenvalue weighted by molar-refractivity contribution is 7.92. The Hall–Kier alpha value is -4.17. The number of carbonyl (C=O) groups is 4. The lowest BCUT2D eigenvalue weighted by Crippen LogP contribution is -2.61. The van der Waals surface area contributed by atoms with Crippen molar-refractivity contribution in [3.8, 4) is 0 Å². The number of sulfonamides is 1. The number of esters is 1. The van der Waals surface area contributed by atoms with Crippen molar-refractivity contribution in [1.29, 1.82) is 0 Å². The van der Waals surface area contributed by atoms with E-state index >= 15 is 0 Å². The molecule has 0 bridgehead atoms. The van der Waals surface area contributed by atoms with Crippen LogP contribution < -0.4 is 14.9 Å². The lowest BCUT2D eigenvalue weighted by Gasteiger charge is -2.41. The summed E-state index contributed by atoms with van der Waals surface area (Å²) in [6.45, 7) is 5.49. The molecule has 2 fully saturated rings. The second-order valence-electron chi connectivity index (χ2n) is 14.4. The van der Waals surface area contributed by atoms with Gasteiger partial charge in [-0.05, 0) is 56.7 Å². The molecule has 1 aliphatic carbocycles. The van der Waals surface area contributed by atoms with Gasteiger partial charge in [0.2, 0.25) is 28.1 Å². The molecule has 2 aromatic rings. The van der Waals surface area contributed by atoms with Crippen molar-refractivity contribution in [1.82, 2.24) is 15.5 Å². The molecular weight excluding hydrogens is 676 g/mol. The zero-order valence-electron chi connectivity index (χ0n) is 29.9. The van der Waals surface area contributed by atoms with Crippen LogP contribution in [0, 0.1) is 5.92 Å². The normalized spacial score (nSPS) is 18.7. The van der Waals surface area contributed by atoms with E-state index in [0.29, 0.717) is 38.2 Å². The predicted octanol–water partition coefficient (Wildman–Crippen LogP) is 4.00. The van der Waals surface area contributed by atoms with Crippen LogP contribution in [0.5, 0.6) is 0 Å². The van der Waals surface area contributed by atoms with Crippen LogP contribution in [0.1, 0.15) is 76.8 Å². The molecule has 1 saturated heterocycles. The van der Waals surface area contributed by atoms with Crippen molar-refractivity contribution in [3.05, 3.63) is 65.7 Å². The quantitative estimate of drug-likeness (QED) is 0.244. The molecule has 0 radical (unpaired) electrons. The molecule has 2 aliphatic heterocycles. The fraction of sp³-hybridized carbons (Fsp3) is 0.568. The fourth-order valence-electron chi connectivity index (χ4n) is 7.18. The maximum absolute atomic E-state index is 14.0. The summed E-state index contributed by atoms with van der Waals surface area (Å²) in [5.41, 5.74) is 0.568. The van der Waals surface area contributed by atoms with Crippen LogP contribution in [0.15, 0.2) is 54.6 Å². The number of nitrogens with one attached hydrogen (secondary N) is 2. The molecule has 2 atom stereocenters. The van der Waals surface area contributed by atoms with E-state index in [-0.39, 0.29) is 25.0 Å². The maximum atomic E-state index is 14.0. The number of amides is 3. The number of rotatable bonds is 12. The molecule has 2 N–H and O–H groups in total. The van der Waals surface area contributed by atoms with Crippen LogP contribution in [0.4, 0.5) is 10.5 Å². The molecule has 1 saturated carbocycles. The first-order valence-electron chi connectivity index (χ1n) is 17.7. The predicted molar refractivity (Wildman–Crippen MR) is 190 cm³/mol. The zero-order valence-corrected chi connectivity index (χ0v) is 30.7. The highest BCUT2D eigenvalue weighted by Crippen LogP contribution is 2.47. The number of hydrogen-bond donors (Lipinski definition) is 2. The Morgan fingerprint density at radius 2 is 1.59 bits per heavy atom. The average molecular weight is 727 g/mol. The maximum Gasteiger partial charge on any atom is 0.411 e.